The zero-order valence-corrected chi connectivity index (χ0v) is 13.9. The predicted molar refractivity (Wildman–Crippen MR) is 83.7 cm³/mol. The molecule has 0 saturated carbocycles. The van der Waals surface area contributed by atoms with E-state index in [0.29, 0.717) is 16.7 Å². The van der Waals surface area contributed by atoms with E-state index in [-0.39, 0.29) is 19.4 Å². The Hall–Kier alpha value is -2.94. The SMILES string of the molecule is COC(=O)Cc1cc(COCC(=O)NC(=O)O)cc(CC(=O)OC)c1. The first-order chi connectivity index (χ1) is 11.8. The maximum absolute atomic E-state index is 11.4. The number of imide groups is 1. The molecule has 9 nitrogen and oxygen atoms in total. The summed E-state index contributed by atoms with van der Waals surface area (Å²) in [6.45, 7) is -0.448. The minimum atomic E-state index is -1.46. The topological polar surface area (TPSA) is 128 Å². The van der Waals surface area contributed by atoms with E-state index >= 15 is 0 Å². The number of carbonyl (C=O) groups excluding carboxylic acids is 3. The van der Waals surface area contributed by atoms with Crippen molar-refractivity contribution in [3.05, 3.63) is 34.9 Å². The Morgan fingerprint density at radius 1 is 0.920 bits per heavy atom. The summed E-state index contributed by atoms with van der Waals surface area (Å²) in [5.74, 6) is -1.68. The standard InChI is InChI=1S/C16H19NO8/c1-23-14(19)6-10-3-11(7-15(20)24-2)5-12(4-10)8-25-9-13(18)17-16(21)22/h3-5H,6-9H2,1-2H3,(H,17,18)(H,21,22). The third-order valence-corrected chi connectivity index (χ3v) is 3.01. The molecule has 1 aromatic rings. The lowest BCUT2D eigenvalue weighted by Crippen LogP contribution is -2.31. The van der Waals surface area contributed by atoms with Gasteiger partial charge >= 0.3 is 18.0 Å². The van der Waals surface area contributed by atoms with Crippen molar-refractivity contribution in [3.8, 4) is 0 Å². The first-order valence-electron chi connectivity index (χ1n) is 7.20. The van der Waals surface area contributed by atoms with E-state index in [1.165, 1.54) is 14.2 Å². The lowest BCUT2D eigenvalue weighted by atomic mass is 10.0. The van der Waals surface area contributed by atoms with Gasteiger partial charge in [0.1, 0.15) is 6.61 Å². The lowest BCUT2D eigenvalue weighted by Gasteiger charge is -2.10. The minimum absolute atomic E-state index is 0.00375. The van der Waals surface area contributed by atoms with Gasteiger partial charge in [-0.05, 0) is 16.7 Å². The van der Waals surface area contributed by atoms with Gasteiger partial charge in [-0.1, -0.05) is 18.2 Å². The molecular formula is C16H19NO8. The molecule has 0 aliphatic carbocycles. The summed E-state index contributed by atoms with van der Waals surface area (Å²) >= 11 is 0. The highest BCUT2D eigenvalue weighted by atomic mass is 16.5. The number of hydrogen-bond acceptors (Lipinski definition) is 7. The normalized spacial score (nSPS) is 10.0. The fraction of sp³-hybridized carbons (Fsp3) is 0.375. The third-order valence-electron chi connectivity index (χ3n) is 3.01. The van der Waals surface area contributed by atoms with E-state index in [0.717, 1.165) is 0 Å². The van der Waals surface area contributed by atoms with Crippen molar-refractivity contribution >= 4 is 23.9 Å². The van der Waals surface area contributed by atoms with Crippen molar-refractivity contribution in [3.63, 3.8) is 0 Å². The second-order valence-electron chi connectivity index (χ2n) is 5.01. The second kappa shape index (κ2) is 10.0. The third kappa shape index (κ3) is 7.93. The summed E-state index contributed by atoms with van der Waals surface area (Å²) in [6.07, 6.45) is -1.44. The molecular weight excluding hydrogens is 334 g/mol. The van der Waals surface area contributed by atoms with Gasteiger partial charge < -0.3 is 19.3 Å². The fourth-order valence-corrected chi connectivity index (χ4v) is 2.02. The van der Waals surface area contributed by atoms with Gasteiger partial charge in [0.25, 0.3) is 5.91 Å². The summed E-state index contributed by atoms with van der Waals surface area (Å²) in [5, 5.41) is 10.1. The molecule has 0 bridgehead atoms. The number of methoxy groups -OCH3 is 2. The van der Waals surface area contributed by atoms with Crippen LogP contribution in [0.3, 0.4) is 0 Å². The molecule has 2 N–H and O–H groups in total. The second-order valence-corrected chi connectivity index (χ2v) is 5.01. The van der Waals surface area contributed by atoms with Crippen molar-refractivity contribution in [2.45, 2.75) is 19.4 Å². The molecule has 0 aliphatic heterocycles. The Morgan fingerprint density at radius 3 is 1.84 bits per heavy atom. The number of esters is 2. The van der Waals surface area contributed by atoms with Gasteiger partial charge in [0, 0.05) is 0 Å². The van der Waals surface area contributed by atoms with Crippen LogP contribution in [0.5, 0.6) is 0 Å². The minimum Gasteiger partial charge on any atom is -0.469 e. The van der Waals surface area contributed by atoms with Gasteiger partial charge in [-0.3, -0.25) is 19.7 Å². The van der Waals surface area contributed by atoms with Gasteiger partial charge in [-0.25, -0.2) is 4.79 Å². The van der Waals surface area contributed by atoms with Crippen LogP contribution < -0.4 is 5.32 Å². The number of carboxylic acid groups (broad SMARTS) is 1. The molecule has 0 radical (unpaired) electrons. The molecule has 0 fully saturated rings. The van der Waals surface area contributed by atoms with Crippen molar-refractivity contribution in [1.29, 1.82) is 0 Å². The van der Waals surface area contributed by atoms with Crippen molar-refractivity contribution in [2.24, 2.45) is 0 Å². The molecule has 1 aromatic carbocycles. The highest BCUT2D eigenvalue weighted by Gasteiger charge is 2.11. The highest BCUT2D eigenvalue weighted by Crippen LogP contribution is 2.14. The molecule has 1 rings (SSSR count). The first kappa shape index (κ1) is 20.1. The van der Waals surface area contributed by atoms with Crippen molar-refractivity contribution in [1.82, 2.24) is 5.32 Å². The van der Waals surface area contributed by atoms with Crippen LogP contribution in [-0.4, -0.2) is 49.9 Å². The van der Waals surface area contributed by atoms with Crippen LogP contribution in [0.15, 0.2) is 18.2 Å². The van der Waals surface area contributed by atoms with Crippen LogP contribution >= 0.6 is 0 Å². The Bertz CT molecular complexity index is 619. The van der Waals surface area contributed by atoms with Gasteiger partial charge in [0.15, 0.2) is 0 Å². The predicted octanol–water partition coefficient (Wildman–Crippen LogP) is 0.428. The summed E-state index contributed by atoms with van der Waals surface area (Å²) in [4.78, 5) is 44.4. The zero-order chi connectivity index (χ0) is 18.8. The first-order valence-corrected chi connectivity index (χ1v) is 7.20. The number of amides is 2. The summed E-state index contributed by atoms with van der Waals surface area (Å²) in [6, 6.07) is 5.02. The lowest BCUT2D eigenvalue weighted by molar-refractivity contribution is -0.140. The molecule has 0 heterocycles. The van der Waals surface area contributed by atoms with Crippen LogP contribution in [-0.2, 0) is 48.0 Å². The molecule has 0 spiro atoms. The maximum Gasteiger partial charge on any atom is 0.411 e. The molecule has 0 atom stereocenters. The monoisotopic (exact) mass is 353 g/mol. The molecule has 2 amide bonds. The van der Waals surface area contributed by atoms with Crippen molar-refractivity contribution < 1.29 is 38.5 Å². The average Bonchev–Trinajstić information content (AvgIpc) is 2.53. The van der Waals surface area contributed by atoms with Gasteiger partial charge in [0.05, 0.1) is 33.7 Å². The van der Waals surface area contributed by atoms with E-state index in [4.69, 9.17) is 9.84 Å². The van der Waals surface area contributed by atoms with E-state index in [9.17, 15) is 19.2 Å². The quantitative estimate of drug-likeness (QED) is 0.644. The van der Waals surface area contributed by atoms with Crippen molar-refractivity contribution in [2.75, 3.05) is 20.8 Å². The Labute approximate surface area is 143 Å². The van der Waals surface area contributed by atoms with Gasteiger partial charge in [-0.2, -0.15) is 0 Å². The van der Waals surface area contributed by atoms with Crippen LogP contribution in [0.25, 0.3) is 0 Å². The molecule has 0 unspecified atom stereocenters. The smallest absolute Gasteiger partial charge is 0.411 e. The van der Waals surface area contributed by atoms with E-state index in [1.807, 2.05) is 0 Å². The molecule has 0 aliphatic rings. The zero-order valence-electron chi connectivity index (χ0n) is 13.9. The highest BCUT2D eigenvalue weighted by molar-refractivity contribution is 5.91. The number of hydrogen-bond donors (Lipinski definition) is 2. The van der Waals surface area contributed by atoms with Crippen LogP contribution in [0.4, 0.5) is 4.79 Å². The van der Waals surface area contributed by atoms with Gasteiger partial charge in [-0.15, -0.1) is 0 Å². The number of rotatable bonds is 8. The molecule has 0 saturated heterocycles. The average molecular weight is 353 g/mol. The molecule has 0 aromatic heterocycles. The van der Waals surface area contributed by atoms with Crippen LogP contribution in [0.2, 0.25) is 0 Å². The number of ether oxygens (including phenoxy) is 3. The fourth-order valence-electron chi connectivity index (χ4n) is 2.02. The van der Waals surface area contributed by atoms with Gasteiger partial charge in [0.2, 0.25) is 0 Å². The molecule has 136 valence electrons. The summed E-state index contributed by atoms with van der Waals surface area (Å²) in [7, 11) is 2.54. The Morgan fingerprint density at radius 2 is 1.40 bits per heavy atom. The summed E-state index contributed by atoms with van der Waals surface area (Å²) < 4.78 is 14.4. The number of nitrogens with one attached hydrogen (secondary N) is 1. The molecule has 25 heavy (non-hydrogen) atoms. The summed E-state index contributed by atoms with van der Waals surface area (Å²) in [5.41, 5.74) is 1.84. The van der Waals surface area contributed by atoms with E-state index in [1.54, 1.807) is 23.5 Å². The van der Waals surface area contributed by atoms with Crippen LogP contribution in [0, 0.1) is 0 Å². The number of benzene rings is 1. The Balaban J connectivity index is 2.81. The Kier molecular flexibility index (Phi) is 8.07. The maximum atomic E-state index is 11.4. The molecule has 9 heteroatoms. The van der Waals surface area contributed by atoms with E-state index < -0.39 is 30.5 Å². The van der Waals surface area contributed by atoms with E-state index in [2.05, 4.69) is 9.47 Å². The number of carbonyl (C=O) groups is 4. The van der Waals surface area contributed by atoms with Crippen LogP contribution in [0.1, 0.15) is 16.7 Å². The largest absolute Gasteiger partial charge is 0.469 e.